The van der Waals surface area contributed by atoms with E-state index in [1.807, 2.05) is 56.3 Å². The van der Waals surface area contributed by atoms with Crippen LogP contribution in [0, 0.1) is 5.92 Å². The number of carbonyl (C=O) groups is 2. The maximum Gasteiger partial charge on any atom is 0.319 e. The van der Waals surface area contributed by atoms with E-state index in [9.17, 15) is 9.59 Å². The van der Waals surface area contributed by atoms with Crippen molar-refractivity contribution < 1.29 is 19.1 Å². The molecule has 3 N–H and O–H groups in total. The van der Waals surface area contributed by atoms with Crippen molar-refractivity contribution in [3.05, 3.63) is 48.0 Å². The molecule has 2 atom stereocenters. The van der Waals surface area contributed by atoms with E-state index < -0.39 is 12.1 Å². The predicted octanol–water partition coefficient (Wildman–Crippen LogP) is 4.67. The van der Waals surface area contributed by atoms with Crippen LogP contribution in [0.3, 0.4) is 0 Å². The second kappa shape index (κ2) is 10.5. The van der Waals surface area contributed by atoms with Gasteiger partial charge in [-0.3, -0.25) is 10.1 Å². The van der Waals surface area contributed by atoms with Crippen molar-refractivity contribution in [2.45, 2.75) is 39.7 Å². The minimum atomic E-state index is -0.738. The molecule has 2 aromatic carbocycles. The number of urea groups is 1. The summed E-state index contributed by atoms with van der Waals surface area (Å²) in [4.78, 5) is 25.6. The predicted molar refractivity (Wildman–Crippen MR) is 131 cm³/mol. The standard InChI is InChI=1S/C24H27N5O4S/c1-4-14(3)20(26-23(31)25-17-9-6-15(5-2)7-10-17)21(30)27-24-29-28-22(34-24)16-8-11-18-19(12-16)33-13-32-18/h6-12,14,20H,4-5,13H2,1-3H3,(H2,25,26,31)(H,27,29,30)/t14-,20+/m0/s1. The van der Waals surface area contributed by atoms with Crippen molar-refractivity contribution in [3.8, 4) is 22.1 Å². The summed E-state index contributed by atoms with van der Waals surface area (Å²) >= 11 is 1.24. The van der Waals surface area contributed by atoms with Crippen LogP contribution in [-0.4, -0.2) is 35.0 Å². The van der Waals surface area contributed by atoms with E-state index in [1.54, 1.807) is 0 Å². The molecule has 0 unspecified atom stereocenters. The van der Waals surface area contributed by atoms with Gasteiger partial charge in [-0.25, -0.2) is 4.79 Å². The van der Waals surface area contributed by atoms with E-state index in [-0.39, 0.29) is 18.6 Å². The van der Waals surface area contributed by atoms with Crippen LogP contribution in [0.25, 0.3) is 10.6 Å². The lowest BCUT2D eigenvalue weighted by Gasteiger charge is -2.23. The van der Waals surface area contributed by atoms with E-state index in [4.69, 9.17) is 9.47 Å². The fourth-order valence-electron chi connectivity index (χ4n) is 3.44. The third-order valence-electron chi connectivity index (χ3n) is 5.68. The number of rotatable bonds is 8. The Balaban J connectivity index is 1.41. The normalized spacial score (nSPS) is 13.7. The summed E-state index contributed by atoms with van der Waals surface area (Å²) in [5.41, 5.74) is 2.66. The number of fused-ring (bicyclic) bond motifs is 1. The Bertz CT molecular complexity index is 1160. The van der Waals surface area contributed by atoms with E-state index >= 15 is 0 Å². The molecule has 1 aliphatic rings. The third-order valence-corrected chi connectivity index (χ3v) is 6.56. The highest BCUT2D eigenvalue weighted by Crippen LogP contribution is 2.37. The molecule has 34 heavy (non-hydrogen) atoms. The summed E-state index contributed by atoms with van der Waals surface area (Å²) in [6.45, 7) is 6.15. The molecule has 0 bridgehead atoms. The van der Waals surface area contributed by atoms with Crippen molar-refractivity contribution in [2.75, 3.05) is 17.4 Å². The quantitative estimate of drug-likeness (QED) is 0.431. The van der Waals surface area contributed by atoms with E-state index in [2.05, 4.69) is 33.1 Å². The van der Waals surface area contributed by atoms with E-state index in [0.29, 0.717) is 33.7 Å². The van der Waals surface area contributed by atoms with Crippen molar-refractivity contribution in [3.63, 3.8) is 0 Å². The van der Waals surface area contributed by atoms with Crippen molar-refractivity contribution >= 4 is 34.1 Å². The highest BCUT2D eigenvalue weighted by atomic mass is 32.1. The first-order valence-electron chi connectivity index (χ1n) is 11.2. The SMILES string of the molecule is CCc1ccc(NC(=O)N[C@@H](C(=O)Nc2nnc(-c3ccc4c(c3)OCO4)s2)[C@@H](C)CC)cc1. The summed E-state index contributed by atoms with van der Waals surface area (Å²) in [7, 11) is 0. The number of ether oxygens (including phenoxy) is 2. The topological polar surface area (TPSA) is 114 Å². The number of nitrogens with zero attached hydrogens (tertiary/aromatic N) is 2. The monoisotopic (exact) mass is 481 g/mol. The largest absolute Gasteiger partial charge is 0.454 e. The lowest BCUT2D eigenvalue weighted by molar-refractivity contribution is -0.119. The number of aromatic nitrogens is 2. The molecular formula is C24H27N5O4S. The highest BCUT2D eigenvalue weighted by molar-refractivity contribution is 7.18. The molecule has 178 valence electrons. The molecule has 0 fully saturated rings. The molecule has 1 aromatic heterocycles. The maximum atomic E-state index is 13.0. The van der Waals surface area contributed by atoms with Gasteiger partial charge < -0.3 is 20.1 Å². The second-order valence-electron chi connectivity index (χ2n) is 7.98. The Hall–Kier alpha value is -3.66. The van der Waals surface area contributed by atoms with Crippen LogP contribution >= 0.6 is 11.3 Å². The van der Waals surface area contributed by atoms with Gasteiger partial charge in [0.15, 0.2) is 11.5 Å². The van der Waals surface area contributed by atoms with Crippen molar-refractivity contribution in [2.24, 2.45) is 5.92 Å². The van der Waals surface area contributed by atoms with Crippen molar-refractivity contribution in [1.82, 2.24) is 15.5 Å². The van der Waals surface area contributed by atoms with Gasteiger partial charge in [0.25, 0.3) is 0 Å². The van der Waals surface area contributed by atoms with E-state index in [1.165, 1.54) is 16.9 Å². The number of benzene rings is 2. The molecule has 0 spiro atoms. The van der Waals surface area contributed by atoms with E-state index in [0.717, 1.165) is 12.0 Å². The Morgan fingerprint density at radius 3 is 2.53 bits per heavy atom. The fourth-order valence-corrected chi connectivity index (χ4v) is 4.18. The Kier molecular flexibility index (Phi) is 7.27. The minimum absolute atomic E-state index is 0.0885. The number of anilines is 2. The van der Waals surface area contributed by atoms with Gasteiger partial charge in [0.2, 0.25) is 17.8 Å². The first-order chi connectivity index (χ1) is 16.5. The average Bonchev–Trinajstić information content (AvgIpc) is 3.51. The first-order valence-corrected chi connectivity index (χ1v) is 12.0. The number of carbonyl (C=O) groups excluding carboxylic acids is 2. The smallest absolute Gasteiger partial charge is 0.319 e. The lowest BCUT2D eigenvalue weighted by atomic mass is 9.98. The summed E-state index contributed by atoms with van der Waals surface area (Å²) < 4.78 is 10.7. The molecule has 2 heterocycles. The van der Waals surface area contributed by atoms with Gasteiger partial charge in [-0.05, 0) is 48.2 Å². The maximum absolute atomic E-state index is 13.0. The van der Waals surface area contributed by atoms with Crippen LogP contribution in [-0.2, 0) is 11.2 Å². The molecule has 3 aromatic rings. The number of nitrogens with one attached hydrogen (secondary N) is 3. The summed E-state index contributed by atoms with van der Waals surface area (Å²) in [5.74, 6) is 0.896. The minimum Gasteiger partial charge on any atom is -0.454 e. The summed E-state index contributed by atoms with van der Waals surface area (Å²) in [5, 5.41) is 17.6. The Labute approximate surface area is 201 Å². The van der Waals surface area contributed by atoms with Gasteiger partial charge in [0, 0.05) is 11.3 Å². The van der Waals surface area contributed by atoms with Crippen molar-refractivity contribution in [1.29, 1.82) is 0 Å². The summed E-state index contributed by atoms with van der Waals surface area (Å²) in [6.07, 6.45) is 1.63. The molecule has 1 aliphatic heterocycles. The van der Waals surface area contributed by atoms with Crippen LogP contribution in [0.5, 0.6) is 11.5 Å². The van der Waals surface area contributed by atoms with Gasteiger partial charge in [-0.1, -0.05) is 50.7 Å². The van der Waals surface area contributed by atoms with Crippen LogP contribution in [0.1, 0.15) is 32.8 Å². The molecule has 10 heteroatoms. The van der Waals surface area contributed by atoms with Gasteiger partial charge in [0.05, 0.1) is 0 Å². The molecule has 0 radical (unpaired) electrons. The first kappa shape index (κ1) is 23.5. The average molecular weight is 482 g/mol. The van der Waals surface area contributed by atoms with Crippen LogP contribution in [0.2, 0.25) is 0 Å². The molecule has 0 saturated heterocycles. The van der Waals surface area contributed by atoms with Gasteiger partial charge in [-0.2, -0.15) is 0 Å². The second-order valence-corrected chi connectivity index (χ2v) is 8.96. The molecule has 4 rings (SSSR count). The van der Waals surface area contributed by atoms with Gasteiger partial charge in [-0.15, -0.1) is 10.2 Å². The molecule has 0 aliphatic carbocycles. The van der Waals surface area contributed by atoms with Gasteiger partial charge in [0.1, 0.15) is 11.0 Å². The summed E-state index contributed by atoms with van der Waals surface area (Å²) in [6, 6.07) is 11.9. The van der Waals surface area contributed by atoms with Crippen LogP contribution < -0.4 is 25.4 Å². The highest BCUT2D eigenvalue weighted by Gasteiger charge is 2.27. The molecular weight excluding hydrogens is 454 g/mol. The van der Waals surface area contributed by atoms with Gasteiger partial charge >= 0.3 is 6.03 Å². The zero-order valence-electron chi connectivity index (χ0n) is 19.3. The van der Waals surface area contributed by atoms with Crippen LogP contribution in [0.4, 0.5) is 15.6 Å². The zero-order chi connectivity index (χ0) is 24.1. The molecule has 0 saturated carbocycles. The number of hydrogen-bond donors (Lipinski definition) is 3. The Morgan fingerprint density at radius 2 is 1.79 bits per heavy atom. The molecule has 9 nitrogen and oxygen atoms in total. The van der Waals surface area contributed by atoms with Crippen LogP contribution in [0.15, 0.2) is 42.5 Å². The Morgan fingerprint density at radius 1 is 1.03 bits per heavy atom. The zero-order valence-corrected chi connectivity index (χ0v) is 20.1. The molecule has 3 amide bonds. The third kappa shape index (κ3) is 5.45. The lowest BCUT2D eigenvalue weighted by Crippen LogP contribution is -2.49. The number of hydrogen-bond acceptors (Lipinski definition) is 7. The number of aryl methyl sites for hydroxylation is 1. The fraction of sp³-hybridized carbons (Fsp3) is 0.333. The number of amides is 3.